The molecule has 0 aliphatic carbocycles. The van der Waals surface area contributed by atoms with Gasteiger partial charge < -0.3 is 10.4 Å². The fraction of sp³-hybridized carbons (Fsp3) is 0.438. The molecule has 1 unspecified atom stereocenters. The number of hydrogen-bond acceptors (Lipinski definition) is 5. The molecule has 1 saturated heterocycles. The number of fused-ring (bicyclic) bond motifs is 1. The monoisotopic (exact) mass is 333 g/mol. The van der Waals surface area contributed by atoms with Crippen LogP contribution in [0.2, 0.25) is 0 Å². The summed E-state index contributed by atoms with van der Waals surface area (Å²) >= 11 is 1.45. The molecule has 0 spiro atoms. The normalized spacial score (nSPS) is 18.9. The molecular formula is C16H19N3O3S. The van der Waals surface area contributed by atoms with Crippen LogP contribution >= 0.6 is 11.3 Å². The summed E-state index contributed by atoms with van der Waals surface area (Å²) in [6.45, 7) is 3.42. The number of anilines is 1. The average Bonchev–Trinajstić information content (AvgIpc) is 2.88. The quantitative estimate of drug-likeness (QED) is 0.897. The topological polar surface area (TPSA) is 82.5 Å². The minimum absolute atomic E-state index is 0.146. The molecule has 1 aromatic carbocycles. The van der Waals surface area contributed by atoms with E-state index in [-0.39, 0.29) is 18.4 Å². The first-order valence-corrected chi connectivity index (χ1v) is 8.45. The number of carboxylic acid groups (broad SMARTS) is 1. The Morgan fingerprint density at radius 1 is 1.48 bits per heavy atom. The van der Waals surface area contributed by atoms with Crippen molar-refractivity contribution in [1.82, 2.24) is 9.88 Å². The summed E-state index contributed by atoms with van der Waals surface area (Å²) in [6.07, 6.45) is 1.50. The predicted octanol–water partition coefficient (Wildman–Crippen LogP) is 2.34. The zero-order chi connectivity index (χ0) is 16.4. The molecule has 1 aliphatic rings. The average molecular weight is 333 g/mol. The summed E-state index contributed by atoms with van der Waals surface area (Å²) in [6, 6.07) is 5.98. The fourth-order valence-corrected chi connectivity index (χ4v) is 3.83. The third-order valence-electron chi connectivity index (χ3n) is 4.01. The molecule has 0 bridgehead atoms. The number of likely N-dealkylation sites (tertiary alicyclic amines) is 1. The summed E-state index contributed by atoms with van der Waals surface area (Å²) < 4.78 is 1.05. The van der Waals surface area contributed by atoms with Crippen LogP contribution in [0.15, 0.2) is 18.2 Å². The molecule has 0 saturated carbocycles. The number of amides is 1. The van der Waals surface area contributed by atoms with Gasteiger partial charge >= 0.3 is 5.97 Å². The second kappa shape index (κ2) is 6.64. The van der Waals surface area contributed by atoms with Crippen molar-refractivity contribution in [3.05, 3.63) is 23.8 Å². The summed E-state index contributed by atoms with van der Waals surface area (Å²) in [7, 11) is 0. The number of carbonyl (C=O) groups is 2. The van der Waals surface area contributed by atoms with Gasteiger partial charge in [-0.15, -0.1) is 0 Å². The van der Waals surface area contributed by atoms with Gasteiger partial charge in [0.25, 0.3) is 0 Å². The van der Waals surface area contributed by atoms with Crippen molar-refractivity contribution in [2.75, 3.05) is 25.0 Å². The molecule has 7 heteroatoms. The van der Waals surface area contributed by atoms with E-state index in [0.29, 0.717) is 18.1 Å². The zero-order valence-corrected chi connectivity index (χ0v) is 13.7. The van der Waals surface area contributed by atoms with Gasteiger partial charge in [-0.25, -0.2) is 4.98 Å². The van der Waals surface area contributed by atoms with Crippen LogP contribution in [0.4, 0.5) is 5.13 Å². The summed E-state index contributed by atoms with van der Waals surface area (Å²) in [4.78, 5) is 29.5. The Morgan fingerprint density at radius 2 is 2.30 bits per heavy atom. The lowest BCUT2D eigenvalue weighted by Gasteiger charge is -2.29. The first-order valence-electron chi connectivity index (χ1n) is 7.63. The Morgan fingerprint density at radius 3 is 3.09 bits per heavy atom. The number of piperidine rings is 1. The van der Waals surface area contributed by atoms with Crippen molar-refractivity contribution in [1.29, 1.82) is 0 Å². The number of carboxylic acids is 1. The lowest BCUT2D eigenvalue weighted by Crippen LogP contribution is -2.42. The van der Waals surface area contributed by atoms with E-state index in [1.54, 1.807) is 0 Å². The van der Waals surface area contributed by atoms with Gasteiger partial charge in [-0.3, -0.25) is 14.5 Å². The number of thiazole rings is 1. The largest absolute Gasteiger partial charge is 0.481 e. The summed E-state index contributed by atoms with van der Waals surface area (Å²) in [5.41, 5.74) is 2.03. The number of aryl methyl sites for hydroxylation is 1. The van der Waals surface area contributed by atoms with Crippen molar-refractivity contribution in [3.63, 3.8) is 0 Å². The maximum Gasteiger partial charge on any atom is 0.307 e. The third-order valence-corrected chi connectivity index (χ3v) is 4.95. The van der Waals surface area contributed by atoms with Crippen LogP contribution in [-0.2, 0) is 9.59 Å². The summed E-state index contributed by atoms with van der Waals surface area (Å²) in [5.74, 6) is -1.30. The zero-order valence-electron chi connectivity index (χ0n) is 12.9. The van der Waals surface area contributed by atoms with E-state index in [4.69, 9.17) is 5.11 Å². The maximum absolute atomic E-state index is 12.2. The van der Waals surface area contributed by atoms with Crippen LogP contribution in [0.5, 0.6) is 0 Å². The number of nitrogens with zero attached hydrogens (tertiary/aromatic N) is 2. The Balaban J connectivity index is 1.61. The first kappa shape index (κ1) is 15.9. The highest BCUT2D eigenvalue weighted by Crippen LogP contribution is 2.26. The second-order valence-corrected chi connectivity index (χ2v) is 6.98. The number of rotatable bonds is 4. The molecule has 1 fully saturated rings. The van der Waals surface area contributed by atoms with E-state index in [1.807, 2.05) is 30.0 Å². The predicted molar refractivity (Wildman–Crippen MR) is 89.8 cm³/mol. The third kappa shape index (κ3) is 3.86. The van der Waals surface area contributed by atoms with E-state index in [0.717, 1.165) is 28.7 Å². The van der Waals surface area contributed by atoms with Crippen LogP contribution in [0.3, 0.4) is 0 Å². The number of aromatic nitrogens is 1. The van der Waals surface area contributed by atoms with Crippen molar-refractivity contribution < 1.29 is 14.7 Å². The molecular weight excluding hydrogens is 314 g/mol. The van der Waals surface area contributed by atoms with Crippen molar-refractivity contribution in [3.8, 4) is 0 Å². The molecule has 2 N–H and O–H groups in total. The molecule has 3 rings (SSSR count). The Kier molecular flexibility index (Phi) is 4.58. The van der Waals surface area contributed by atoms with Crippen molar-refractivity contribution in [2.24, 2.45) is 5.92 Å². The number of benzene rings is 1. The molecule has 1 amide bonds. The second-order valence-electron chi connectivity index (χ2n) is 5.95. The van der Waals surface area contributed by atoms with Crippen LogP contribution in [0, 0.1) is 12.8 Å². The van der Waals surface area contributed by atoms with E-state index in [2.05, 4.69) is 10.3 Å². The van der Waals surface area contributed by atoms with Gasteiger partial charge in [0.05, 0.1) is 22.7 Å². The highest BCUT2D eigenvalue weighted by Gasteiger charge is 2.26. The Bertz CT molecular complexity index is 743. The molecule has 122 valence electrons. The maximum atomic E-state index is 12.2. The van der Waals surface area contributed by atoms with Gasteiger partial charge in [-0.1, -0.05) is 17.4 Å². The minimum atomic E-state index is -0.781. The first-order chi connectivity index (χ1) is 11.0. The van der Waals surface area contributed by atoms with Gasteiger partial charge in [0.2, 0.25) is 5.91 Å². The van der Waals surface area contributed by atoms with Gasteiger partial charge in [0.1, 0.15) is 0 Å². The van der Waals surface area contributed by atoms with Crippen LogP contribution in [0.25, 0.3) is 10.2 Å². The molecule has 1 aliphatic heterocycles. The molecule has 2 heterocycles. The summed E-state index contributed by atoms with van der Waals surface area (Å²) in [5, 5.41) is 12.5. The standard InChI is InChI=1S/C16H19N3O3S/c1-10-4-5-12-13(7-10)23-16(17-12)18-14(20)9-19-6-2-3-11(8-19)15(21)22/h4-5,7,11H,2-3,6,8-9H2,1H3,(H,21,22)(H,17,18,20). The SMILES string of the molecule is Cc1ccc2nc(NC(=O)CN3CCCC(C(=O)O)C3)sc2c1. The molecule has 2 aromatic rings. The van der Waals surface area contributed by atoms with Crippen LogP contribution in [-0.4, -0.2) is 46.5 Å². The number of nitrogens with one attached hydrogen (secondary N) is 1. The van der Waals surface area contributed by atoms with Gasteiger partial charge in [-0.05, 0) is 44.0 Å². The smallest absolute Gasteiger partial charge is 0.307 e. The molecule has 6 nitrogen and oxygen atoms in total. The lowest BCUT2D eigenvalue weighted by molar-refractivity contribution is -0.144. The number of hydrogen-bond donors (Lipinski definition) is 2. The minimum Gasteiger partial charge on any atom is -0.481 e. The molecule has 23 heavy (non-hydrogen) atoms. The molecule has 1 atom stereocenters. The van der Waals surface area contributed by atoms with E-state index in [9.17, 15) is 9.59 Å². The van der Waals surface area contributed by atoms with Crippen LogP contribution < -0.4 is 5.32 Å². The highest BCUT2D eigenvalue weighted by molar-refractivity contribution is 7.22. The lowest BCUT2D eigenvalue weighted by atomic mass is 9.98. The Hall–Kier alpha value is -1.99. The van der Waals surface area contributed by atoms with E-state index in [1.165, 1.54) is 11.3 Å². The van der Waals surface area contributed by atoms with Crippen molar-refractivity contribution in [2.45, 2.75) is 19.8 Å². The highest BCUT2D eigenvalue weighted by atomic mass is 32.1. The van der Waals surface area contributed by atoms with Gasteiger partial charge in [0, 0.05) is 6.54 Å². The van der Waals surface area contributed by atoms with E-state index < -0.39 is 5.97 Å². The van der Waals surface area contributed by atoms with Crippen molar-refractivity contribution >= 4 is 38.6 Å². The Labute approximate surface area is 138 Å². The molecule has 1 aromatic heterocycles. The number of aliphatic carboxylic acids is 1. The van der Waals surface area contributed by atoms with Gasteiger partial charge in [-0.2, -0.15) is 0 Å². The van der Waals surface area contributed by atoms with Crippen LogP contribution in [0.1, 0.15) is 18.4 Å². The fourth-order valence-electron chi connectivity index (χ4n) is 2.85. The molecule has 0 radical (unpaired) electrons. The number of carbonyl (C=O) groups excluding carboxylic acids is 1. The van der Waals surface area contributed by atoms with E-state index >= 15 is 0 Å². The van der Waals surface area contributed by atoms with Gasteiger partial charge in [0.15, 0.2) is 5.13 Å².